The van der Waals surface area contributed by atoms with Gasteiger partial charge in [0.05, 0.1) is 7.11 Å². The highest BCUT2D eigenvalue weighted by atomic mass is 16.5. The number of benzene rings is 1. The molecule has 1 fully saturated rings. The van der Waals surface area contributed by atoms with E-state index in [1.807, 2.05) is 6.07 Å². The van der Waals surface area contributed by atoms with E-state index in [0.29, 0.717) is 6.04 Å². The van der Waals surface area contributed by atoms with E-state index in [1.54, 1.807) is 7.11 Å². The maximum atomic E-state index is 6.44. The average molecular weight is 289 g/mol. The van der Waals surface area contributed by atoms with Gasteiger partial charge in [-0.15, -0.1) is 0 Å². The Kier molecular flexibility index (Phi) is 4.39. The van der Waals surface area contributed by atoms with E-state index >= 15 is 0 Å². The SMILES string of the molecule is CCCCNC1CC2(CCCC2)Oc2cc(OC)ccc21. The van der Waals surface area contributed by atoms with Crippen LogP contribution in [0.3, 0.4) is 0 Å². The third kappa shape index (κ3) is 3.03. The smallest absolute Gasteiger partial charge is 0.128 e. The summed E-state index contributed by atoms with van der Waals surface area (Å²) in [6.07, 6.45) is 8.54. The number of ether oxygens (including phenoxy) is 2. The largest absolute Gasteiger partial charge is 0.497 e. The van der Waals surface area contributed by atoms with Crippen molar-refractivity contribution in [3.63, 3.8) is 0 Å². The van der Waals surface area contributed by atoms with Crippen molar-refractivity contribution in [1.29, 1.82) is 0 Å². The lowest BCUT2D eigenvalue weighted by Gasteiger charge is -2.40. The zero-order valence-electron chi connectivity index (χ0n) is 13.3. The van der Waals surface area contributed by atoms with E-state index in [9.17, 15) is 0 Å². The second-order valence-corrected chi connectivity index (χ2v) is 6.46. The van der Waals surface area contributed by atoms with E-state index in [2.05, 4.69) is 24.4 Å². The highest BCUT2D eigenvalue weighted by Crippen LogP contribution is 2.47. The molecule has 1 unspecified atom stereocenters. The molecule has 3 heteroatoms. The second kappa shape index (κ2) is 6.27. The minimum Gasteiger partial charge on any atom is -0.497 e. The van der Waals surface area contributed by atoms with Crippen LogP contribution in [-0.2, 0) is 0 Å². The number of unbranched alkanes of at least 4 members (excludes halogenated alkanes) is 1. The summed E-state index contributed by atoms with van der Waals surface area (Å²) in [7, 11) is 1.72. The first-order valence-electron chi connectivity index (χ1n) is 8.37. The Bertz CT molecular complexity index is 480. The number of hydrogen-bond donors (Lipinski definition) is 1. The molecule has 2 aliphatic rings. The van der Waals surface area contributed by atoms with Crippen molar-refractivity contribution in [3.05, 3.63) is 23.8 Å². The van der Waals surface area contributed by atoms with Crippen LogP contribution in [0.2, 0.25) is 0 Å². The fraction of sp³-hybridized carbons (Fsp3) is 0.667. The second-order valence-electron chi connectivity index (χ2n) is 6.46. The highest BCUT2D eigenvalue weighted by Gasteiger charge is 2.42. The van der Waals surface area contributed by atoms with Gasteiger partial charge in [-0.25, -0.2) is 0 Å². The summed E-state index contributed by atoms with van der Waals surface area (Å²) in [6, 6.07) is 6.69. The number of methoxy groups -OCH3 is 1. The summed E-state index contributed by atoms with van der Waals surface area (Å²) in [6.45, 7) is 3.33. The van der Waals surface area contributed by atoms with E-state index in [1.165, 1.54) is 44.1 Å². The van der Waals surface area contributed by atoms with Gasteiger partial charge in [0.2, 0.25) is 0 Å². The standard InChI is InChI=1S/C18H27NO2/c1-3-4-11-19-16-13-18(9-5-6-10-18)21-17-12-14(20-2)7-8-15(16)17/h7-8,12,16,19H,3-6,9-11,13H2,1-2H3. The number of fused-ring (bicyclic) bond motifs is 1. The molecule has 1 N–H and O–H groups in total. The summed E-state index contributed by atoms with van der Waals surface area (Å²) < 4.78 is 11.8. The Labute approximate surface area is 128 Å². The Balaban J connectivity index is 1.85. The van der Waals surface area contributed by atoms with Crippen molar-refractivity contribution in [2.24, 2.45) is 0 Å². The fourth-order valence-corrected chi connectivity index (χ4v) is 3.74. The van der Waals surface area contributed by atoms with Crippen molar-refractivity contribution < 1.29 is 9.47 Å². The first-order valence-corrected chi connectivity index (χ1v) is 8.37. The number of nitrogens with one attached hydrogen (secondary N) is 1. The van der Waals surface area contributed by atoms with Gasteiger partial charge in [0.15, 0.2) is 0 Å². The molecule has 1 atom stereocenters. The molecule has 0 radical (unpaired) electrons. The average Bonchev–Trinajstić information content (AvgIpc) is 2.94. The molecule has 1 aromatic carbocycles. The van der Waals surface area contributed by atoms with E-state index < -0.39 is 0 Å². The van der Waals surface area contributed by atoms with Gasteiger partial charge in [0, 0.05) is 24.1 Å². The lowest BCUT2D eigenvalue weighted by Crippen LogP contribution is -2.42. The quantitative estimate of drug-likeness (QED) is 0.823. The lowest BCUT2D eigenvalue weighted by molar-refractivity contribution is 0.0365. The normalized spacial score (nSPS) is 22.9. The van der Waals surface area contributed by atoms with Crippen molar-refractivity contribution in [1.82, 2.24) is 5.32 Å². The molecule has 1 aromatic rings. The van der Waals surface area contributed by atoms with Crippen LogP contribution in [0.1, 0.15) is 63.5 Å². The molecule has 1 heterocycles. The third-order valence-electron chi connectivity index (χ3n) is 4.93. The van der Waals surface area contributed by atoms with Gasteiger partial charge < -0.3 is 14.8 Å². The topological polar surface area (TPSA) is 30.5 Å². The van der Waals surface area contributed by atoms with E-state index in [0.717, 1.165) is 24.5 Å². The van der Waals surface area contributed by atoms with E-state index in [4.69, 9.17) is 9.47 Å². The van der Waals surface area contributed by atoms with Crippen LogP contribution in [0.15, 0.2) is 18.2 Å². The zero-order chi connectivity index (χ0) is 14.7. The zero-order valence-corrected chi connectivity index (χ0v) is 13.3. The van der Waals surface area contributed by atoms with Gasteiger partial charge in [-0.3, -0.25) is 0 Å². The molecule has 21 heavy (non-hydrogen) atoms. The molecule has 1 spiro atoms. The summed E-state index contributed by atoms with van der Waals surface area (Å²) >= 11 is 0. The van der Waals surface area contributed by atoms with Gasteiger partial charge in [0.1, 0.15) is 17.1 Å². The molecular formula is C18H27NO2. The van der Waals surface area contributed by atoms with Crippen LogP contribution in [0.4, 0.5) is 0 Å². The minimum atomic E-state index is 0.0588. The lowest BCUT2D eigenvalue weighted by atomic mass is 9.86. The molecule has 0 saturated heterocycles. The maximum absolute atomic E-state index is 6.44. The van der Waals surface area contributed by atoms with E-state index in [-0.39, 0.29) is 5.60 Å². The van der Waals surface area contributed by atoms with Crippen molar-refractivity contribution in [2.75, 3.05) is 13.7 Å². The summed E-state index contributed by atoms with van der Waals surface area (Å²) in [5.41, 5.74) is 1.35. The van der Waals surface area contributed by atoms with Gasteiger partial charge in [0.25, 0.3) is 0 Å². The minimum absolute atomic E-state index is 0.0588. The maximum Gasteiger partial charge on any atom is 0.128 e. The van der Waals surface area contributed by atoms with Crippen LogP contribution in [0.25, 0.3) is 0 Å². The predicted molar refractivity (Wildman–Crippen MR) is 85.1 cm³/mol. The monoisotopic (exact) mass is 289 g/mol. The number of rotatable bonds is 5. The molecule has 0 amide bonds. The van der Waals surface area contributed by atoms with Gasteiger partial charge in [-0.1, -0.05) is 19.4 Å². The third-order valence-corrected chi connectivity index (χ3v) is 4.93. The van der Waals surface area contributed by atoms with Crippen LogP contribution in [0, 0.1) is 0 Å². The molecule has 0 bridgehead atoms. The molecule has 3 nitrogen and oxygen atoms in total. The van der Waals surface area contributed by atoms with Crippen LogP contribution in [0.5, 0.6) is 11.5 Å². The molecule has 1 aliphatic heterocycles. The van der Waals surface area contributed by atoms with Crippen LogP contribution < -0.4 is 14.8 Å². The highest BCUT2D eigenvalue weighted by molar-refractivity contribution is 5.44. The van der Waals surface area contributed by atoms with Gasteiger partial charge in [-0.05, 0) is 44.7 Å². The van der Waals surface area contributed by atoms with Gasteiger partial charge >= 0.3 is 0 Å². The van der Waals surface area contributed by atoms with Crippen molar-refractivity contribution in [2.45, 2.75) is 63.5 Å². The van der Waals surface area contributed by atoms with Crippen LogP contribution in [-0.4, -0.2) is 19.3 Å². The first kappa shape index (κ1) is 14.7. The molecule has 116 valence electrons. The Morgan fingerprint density at radius 2 is 2.14 bits per heavy atom. The molecule has 3 rings (SSSR count). The molecule has 0 aromatic heterocycles. The van der Waals surface area contributed by atoms with Crippen molar-refractivity contribution in [3.8, 4) is 11.5 Å². The fourth-order valence-electron chi connectivity index (χ4n) is 3.74. The number of hydrogen-bond acceptors (Lipinski definition) is 3. The summed E-state index contributed by atoms with van der Waals surface area (Å²) in [4.78, 5) is 0. The van der Waals surface area contributed by atoms with Gasteiger partial charge in [-0.2, -0.15) is 0 Å². The molecule has 1 aliphatic carbocycles. The molecular weight excluding hydrogens is 262 g/mol. The Hall–Kier alpha value is -1.22. The summed E-state index contributed by atoms with van der Waals surface area (Å²) in [5, 5.41) is 3.75. The Morgan fingerprint density at radius 1 is 1.33 bits per heavy atom. The first-order chi connectivity index (χ1) is 10.3. The predicted octanol–water partition coefficient (Wildman–Crippen LogP) is 4.22. The summed E-state index contributed by atoms with van der Waals surface area (Å²) in [5.74, 6) is 1.91. The molecule has 1 saturated carbocycles. The van der Waals surface area contributed by atoms with Crippen LogP contribution >= 0.6 is 0 Å². The van der Waals surface area contributed by atoms with Crippen molar-refractivity contribution >= 4 is 0 Å². The Morgan fingerprint density at radius 3 is 2.86 bits per heavy atom.